The monoisotopic (exact) mass is 442 g/mol. The Hall–Kier alpha value is -1.61. The Kier molecular flexibility index (Phi) is 8.38. The lowest BCUT2D eigenvalue weighted by atomic mass is 9.75. The molecule has 2 unspecified atom stereocenters. The van der Waals surface area contributed by atoms with Gasteiger partial charge in [-0.2, -0.15) is 13.2 Å². The number of hydrogen-bond acceptors (Lipinski definition) is 1. The molecule has 1 aromatic carbocycles. The van der Waals surface area contributed by atoms with Crippen LogP contribution in [0.2, 0.25) is 0 Å². The third kappa shape index (κ3) is 6.94. The number of ether oxygens (including phenoxy) is 1. The van der Waals surface area contributed by atoms with Crippen molar-refractivity contribution in [1.29, 1.82) is 0 Å². The highest BCUT2D eigenvalue weighted by molar-refractivity contribution is 5.40. The summed E-state index contributed by atoms with van der Waals surface area (Å²) in [5.41, 5.74) is -0.314. The largest absolute Gasteiger partial charge is 0.458 e. The predicted octanol–water partition coefficient (Wildman–Crippen LogP) is 7.53. The summed E-state index contributed by atoms with van der Waals surface area (Å²) in [5, 5.41) is 0. The van der Waals surface area contributed by atoms with Crippen LogP contribution in [0.3, 0.4) is 0 Å². The summed E-state index contributed by atoms with van der Waals surface area (Å²) in [7, 11) is 0. The number of hydrogen-bond donors (Lipinski definition) is 0. The lowest BCUT2D eigenvalue weighted by Crippen LogP contribution is -2.34. The Labute approximate surface area is 181 Å². The van der Waals surface area contributed by atoms with Gasteiger partial charge >= 0.3 is 6.18 Å². The summed E-state index contributed by atoms with van der Waals surface area (Å²) in [4.78, 5) is 0. The highest BCUT2D eigenvalue weighted by Crippen LogP contribution is 2.41. The highest BCUT2D eigenvalue weighted by atomic mass is 19.4. The molecular weight excluding hydrogens is 411 g/mol. The van der Waals surface area contributed by atoms with E-state index in [1.54, 1.807) is 5.92 Å². The minimum Gasteiger partial charge on any atom is -0.378 e. The molecule has 1 nitrogen and oxygen atoms in total. The number of alkyl halides is 3. The van der Waals surface area contributed by atoms with Gasteiger partial charge in [0.1, 0.15) is 11.6 Å². The van der Waals surface area contributed by atoms with E-state index >= 15 is 0 Å². The molecule has 0 amide bonds. The third-order valence-electron chi connectivity index (χ3n) is 6.78. The Bertz CT molecular complexity index is 752. The Balaban J connectivity index is 1.52. The van der Waals surface area contributed by atoms with Crippen molar-refractivity contribution in [2.24, 2.45) is 11.8 Å². The van der Waals surface area contributed by atoms with Gasteiger partial charge in [-0.15, -0.1) is 0 Å². The molecule has 31 heavy (non-hydrogen) atoms. The van der Waals surface area contributed by atoms with Crippen molar-refractivity contribution in [3.05, 3.63) is 34.9 Å². The number of unbranched alkanes of at least 4 members (excludes halogenated alkanes) is 2. The van der Waals surface area contributed by atoms with Gasteiger partial charge in [0, 0.05) is 12.5 Å². The topological polar surface area (TPSA) is 9.23 Å². The molecule has 1 heterocycles. The van der Waals surface area contributed by atoms with Gasteiger partial charge in [-0.3, -0.25) is 0 Å². The molecule has 1 aliphatic heterocycles. The summed E-state index contributed by atoms with van der Waals surface area (Å²) in [5.74, 6) is 1.61. The van der Waals surface area contributed by atoms with Crippen molar-refractivity contribution in [3.63, 3.8) is 0 Å². The molecule has 1 saturated carbocycles. The second-order valence-electron chi connectivity index (χ2n) is 9.03. The minimum atomic E-state index is -4.79. The van der Waals surface area contributed by atoms with E-state index in [0.717, 1.165) is 56.8 Å². The second-order valence-corrected chi connectivity index (χ2v) is 9.03. The molecule has 0 N–H and O–H groups in total. The molecule has 1 aromatic rings. The number of halogens is 5. The molecule has 2 aliphatic rings. The van der Waals surface area contributed by atoms with Crippen LogP contribution in [0.1, 0.15) is 88.2 Å². The first-order valence-corrected chi connectivity index (χ1v) is 11.5. The van der Waals surface area contributed by atoms with Crippen molar-refractivity contribution < 1.29 is 26.7 Å². The molecule has 0 aromatic heterocycles. The second kappa shape index (κ2) is 10.8. The summed E-state index contributed by atoms with van der Waals surface area (Å²) in [6, 6.07) is 2.29. The molecule has 172 valence electrons. The predicted molar refractivity (Wildman–Crippen MR) is 111 cm³/mol. The zero-order chi connectivity index (χ0) is 22.4. The normalized spacial score (nSPS) is 26.9. The van der Waals surface area contributed by atoms with Gasteiger partial charge in [0.2, 0.25) is 0 Å². The summed E-state index contributed by atoms with van der Waals surface area (Å²) in [6.07, 6.45) is 6.30. The van der Waals surface area contributed by atoms with E-state index < -0.39 is 23.4 Å². The van der Waals surface area contributed by atoms with Gasteiger partial charge in [0.25, 0.3) is 0 Å². The zero-order valence-corrected chi connectivity index (χ0v) is 18.0. The van der Waals surface area contributed by atoms with Gasteiger partial charge in [0.05, 0.1) is 11.7 Å². The van der Waals surface area contributed by atoms with Gasteiger partial charge in [-0.25, -0.2) is 8.78 Å². The molecule has 2 fully saturated rings. The number of benzene rings is 1. The number of rotatable bonds is 6. The summed E-state index contributed by atoms with van der Waals surface area (Å²) in [6.45, 7) is 3.05. The summed E-state index contributed by atoms with van der Waals surface area (Å²) >= 11 is 0. The smallest absolute Gasteiger partial charge is 0.378 e. The highest BCUT2D eigenvalue weighted by Gasteiger charge is 2.32. The first-order chi connectivity index (χ1) is 14.8. The van der Waals surface area contributed by atoms with Crippen LogP contribution in [0.4, 0.5) is 22.0 Å². The fourth-order valence-corrected chi connectivity index (χ4v) is 5.01. The maximum Gasteiger partial charge on any atom is 0.458 e. The standard InChI is InChI=1S/C25H31F5O/c1-2-3-4-5-17-6-11-24(31-16-17)19-9-7-18(8-10-19)20-14-22(26)21(23(27)15-20)12-13-25(28,29)30/h14-15,17-19,24H,2-11,16H2,1H3. The van der Waals surface area contributed by atoms with E-state index in [4.69, 9.17) is 4.74 Å². The van der Waals surface area contributed by atoms with Crippen LogP contribution in [0.15, 0.2) is 12.1 Å². The molecule has 1 saturated heterocycles. The Morgan fingerprint density at radius 3 is 2.19 bits per heavy atom. The van der Waals surface area contributed by atoms with E-state index in [1.165, 1.54) is 32.1 Å². The van der Waals surface area contributed by atoms with Crippen LogP contribution in [0.5, 0.6) is 0 Å². The van der Waals surface area contributed by atoms with E-state index in [2.05, 4.69) is 6.92 Å². The van der Waals surface area contributed by atoms with Gasteiger partial charge in [-0.05, 0) is 80.4 Å². The van der Waals surface area contributed by atoms with Gasteiger partial charge < -0.3 is 4.74 Å². The molecular formula is C25H31F5O. The molecule has 6 heteroatoms. The van der Waals surface area contributed by atoms with Crippen LogP contribution in [0, 0.1) is 35.3 Å². The Morgan fingerprint density at radius 1 is 0.968 bits per heavy atom. The Morgan fingerprint density at radius 2 is 1.65 bits per heavy atom. The zero-order valence-electron chi connectivity index (χ0n) is 18.0. The van der Waals surface area contributed by atoms with E-state index in [-0.39, 0.29) is 12.0 Å². The van der Waals surface area contributed by atoms with Crippen molar-refractivity contribution in [2.45, 2.75) is 89.3 Å². The average molecular weight is 443 g/mol. The third-order valence-corrected chi connectivity index (χ3v) is 6.78. The molecule has 1 aliphatic carbocycles. The fourth-order valence-electron chi connectivity index (χ4n) is 5.01. The van der Waals surface area contributed by atoms with Crippen LogP contribution >= 0.6 is 0 Å². The van der Waals surface area contributed by atoms with Gasteiger partial charge in [-0.1, -0.05) is 32.1 Å². The van der Waals surface area contributed by atoms with Crippen molar-refractivity contribution in [2.75, 3.05) is 6.61 Å². The molecule has 3 rings (SSSR count). The first kappa shape index (κ1) is 24.0. The van der Waals surface area contributed by atoms with Crippen molar-refractivity contribution >= 4 is 0 Å². The first-order valence-electron chi connectivity index (χ1n) is 11.5. The van der Waals surface area contributed by atoms with Crippen LogP contribution in [0.25, 0.3) is 0 Å². The molecule has 0 radical (unpaired) electrons. The van der Waals surface area contributed by atoms with Crippen LogP contribution < -0.4 is 0 Å². The van der Waals surface area contributed by atoms with Crippen LogP contribution in [-0.4, -0.2) is 18.9 Å². The quantitative estimate of drug-likeness (QED) is 0.251. The molecule has 0 spiro atoms. The minimum absolute atomic E-state index is 0.00950. The fraction of sp³-hybridized carbons (Fsp3) is 0.680. The van der Waals surface area contributed by atoms with Gasteiger partial charge in [0.15, 0.2) is 0 Å². The lowest BCUT2D eigenvalue weighted by Gasteiger charge is -2.38. The SMILES string of the molecule is CCCCCC1CCC(C2CCC(c3cc(F)c(C#CC(F)(F)F)c(F)c3)CC2)OC1. The van der Waals surface area contributed by atoms with Crippen LogP contribution in [-0.2, 0) is 4.74 Å². The molecule has 2 atom stereocenters. The average Bonchev–Trinajstić information content (AvgIpc) is 2.73. The van der Waals surface area contributed by atoms with Crippen molar-refractivity contribution in [1.82, 2.24) is 0 Å². The summed E-state index contributed by atoms with van der Waals surface area (Å²) < 4.78 is 71.3. The lowest BCUT2D eigenvalue weighted by molar-refractivity contribution is -0.0696. The molecule has 0 bridgehead atoms. The van der Waals surface area contributed by atoms with E-state index in [9.17, 15) is 22.0 Å². The van der Waals surface area contributed by atoms with E-state index in [0.29, 0.717) is 17.4 Å². The maximum absolute atomic E-state index is 14.2. The van der Waals surface area contributed by atoms with Crippen molar-refractivity contribution in [3.8, 4) is 11.8 Å². The maximum atomic E-state index is 14.2. The van der Waals surface area contributed by atoms with E-state index in [1.807, 2.05) is 0 Å².